The minimum atomic E-state index is -0.891. The molecule has 3 aliphatic carbocycles. The van der Waals surface area contributed by atoms with E-state index in [0.29, 0.717) is 31.3 Å². The van der Waals surface area contributed by atoms with Gasteiger partial charge in [-0.25, -0.2) is 0 Å². The summed E-state index contributed by atoms with van der Waals surface area (Å²) in [4.78, 5) is 25.6. The topological polar surface area (TPSA) is 43.4 Å². The Balaban J connectivity index is 1.42. The van der Waals surface area contributed by atoms with Crippen molar-refractivity contribution in [3.05, 3.63) is 0 Å². The van der Waals surface area contributed by atoms with Crippen LogP contribution in [0.15, 0.2) is 0 Å². The zero-order chi connectivity index (χ0) is 21.6. The quantitative estimate of drug-likeness (QED) is 0.239. The molecule has 0 aromatic carbocycles. The number of hydrogen-bond donors (Lipinski definition) is 0. The zero-order valence-corrected chi connectivity index (χ0v) is 19.9. The van der Waals surface area contributed by atoms with Gasteiger partial charge >= 0.3 is 5.97 Å². The fourth-order valence-corrected chi connectivity index (χ4v) is 6.63. The highest BCUT2D eigenvalue weighted by Gasteiger charge is 2.47. The van der Waals surface area contributed by atoms with Gasteiger partial charge in [-0.05, 0) is 94.3 Å². The Morgan fingerprint density at radius 2 is 1.43 bits per heavy atom. The number of Topliss-reactive ketones (excluding diaryl/α,β-unsaturated/α-hetero) is 1. The van der Waals surface area contributed by atoms with E-state index in [1.807, 2.05) is 6.92 Å². The second-order valence-electron chi connectivity index (χ2n) is 11.0. The first-order valence-corrected chi connectivity index (χ1v) is 13.2. The van der Waals surface area contributed by atoms with Crippen molar-refractivity contribution in [2.45, 2.75) is 117 Å². The SMILES string of the molecule is CCCCCOC(=O)[C@@]1(C)CCC(C2CCC(C3CCC(CC)CC3)CC2)CC1=O. The summed E-state index contributed by atoms with van der Waals surface area (Å²) in [7, 11) is 0. The highest BCUT2D eigenvalue weighted by molar-refractivity contribution is 6.04. The van der Waals surface area contributed by atoms with Crippen molar-refractivity contribution in [3.63, 3.8) is 0 Å². The number of ether oxygens (including phenoxy) is 1. The van der Waals surface area contributed by atoms with Crippen LogP contribution in [-0.4, -0.2) is 18.4 Å². The number of carbonyl (C=O) groups is 2. The first-order chi connectivity index (χ1) is 14.5. The van der Waals surface area contributed by atoms with Gasteiger partial charge in [0.2, 0.25) is 0 Å². The van der Waals surface area contributed by atoms with Crippen LogP contribution in [0.3, 0.4) is 0 Å². The molecule has 172 valence electrons. The number of esters is 1. The summed E-state index contributed by atoms with van der Waals surface area (Å²) in [5.74, 6) is 3.94. The predicted molar refractivity (Wildman–Crippen MR) is 122 cm³/mol. The van der Waals surface area contributed by atoms with Gasteiger partial charge < -0.3 is 4.74 Å². The highest BCUT2D eigenvalue weighted by Crippen LogP contribution is 2.47. The number of unbranched alkanes of at least 4 members (excludes halogenated alkanes) is 2. The Kier molecular flexibility index (Phi) is 8.83. The van der Waals surface area contributed by atoms with Crippen LogP contribution in [0.1, 0.15) is 117 Å². The Bertz CT molecular complexity index is 554. The van der Waals surface area contributed by atoms with Gasteiger partial charge in [-0.3, -0.25) is 9.59 Å². The fourth-order valence-electron chi connectivity index (χ4n) is 6.63. The van der Waals surface area contributed by atoms with E-state index in [9.17, 15) is 9.59 Å². The lowest BCUT2D eigenvalue weighted by molar-refractivity contribution is -0.162. The maximum atomic E-state index is 13.0. The number of rotatable bonds is 8. The van der Waals surface area contributed by atoms with Crippen LogP contribution < -0.4 is 0 Å². The minimum Gasteiger partial charge on any atom is -0.465 e. The summed E-state index contributed by atoms with van der Waals surface area (Å²) in [5, 5.41) is 0. The van der Waals surface area contributed by atoms with Gasteiger partial charge in [-0.1, -0.05) is 46.0 Å². The lowest BCUT2D eigenvalue weighted by atomic mass is 9.62. The lowest BCUT2D eigenvalue weighted by Crippen LogP contribution is -2.44. The van der Waals surface area contributed by atoms with E-state index in [2.05, 4.69) is 13.8 Å². The third kappa shape index (κ3) is 5.68. The Labute approximate surface area is 185 Å². The van der Waals surface area contributed by atoms with Gasteiger partial charge in [0.05, 0.1) is 6.61 Å². The van der Waals surface area contributed by atoms with Gasteiger partial charge in [0.25, 0.3) is 0 Å². The van der Waals surface area contributed by atoms with E-state index in [-0.39, 0.29) is 11.8 Å². The standard InChI is InChI=1S/C27H46O3/c1-4-6-7-18-30-26(29)27(3)17-16-24(19-25(27)28)23-14-12-22(13-15-23)21-10-8-20(5-2)9-11-21/h20-24H,4-19H2,1-3H3/t20?,21?,22?,23?,24?,27-/m0/s1. The van der Waals surface area contributed by atoms with Crippen molar-refractivity contribution >= 4 is 11.8 Å². The molecular weight excluding hydrogens is 372 g/mol. The first-order valence-electron chi connectivity index (χ1n) is 13.2. The van der Waals surface area contributed by atoms with Gasteiger partial charge in [0.1, 0.15) is 11.2 Å². The normalized spacial score (nSPS) is 37.7. The summed E-state index contributed by atoms with van der Waals surface area (Å²) < 4.78 is 5.47. The highest BCUT2D eigenvalue weighted by atomic mass is 16.5. The first kappa shape index (κ1) is 23.8. The Morgan fingerprint density at radius 1 is 0.867 bits per heavy atom. The molecule has 0 heterocycles. The molecule has 0 aliphatic heterocycles. The fraction of sp³-hybridized carbons (Fsp3) is 0.926. The number of carbonyl (C=O) groups excluding carboxylic acids is 2. The molecule has 3 fully saturated rings. The van der Waals surface area contributed by atoms with Gasteiger partial charge in [-0.15, -0.1) is 0 Å². The van der Waals surface area contributed by atoms with E-state index < -0.39 is 5.41 Å². The molecule has 3 aliphatic rings. The molecule has 0 spiro atoms. The smallest absolute Gasteiger partial charge is 0.319 e. The molecule has 0 saturated heterocycles. The van der Waals surface area contributed by atoms with Crippen LogP contribution in [0.5, 0.6) is 0 Å². The van der Waals surface area contributed by atoms with Gasteiger partial charge in [-0.2, -0.15) is 0 Å². The molecule has 3 saturated carbocycles. The Hall–Kier alpha value is -0.860. The second kappa shape index (κ2) is 11.1. The van der Waals surface area contributed by atoms with E-state index in [0.717, 1.165) is 43.4 Å². The average Bonchev–Trinajstić information content (AvgIpc) is 2.78. The summed E-state index contributed by atoms with van der Waals surface area (Å²) in [6, 6.07) is 0. The van der Waals surface area contributed by atoms with Crippen LogP contribution in [0.25, 0.3) is 0 Å². The van der Waals surface area contributed by atoms with Crippen LogP contribution in [0.2, 0.25) is 0 Å². The molecule has 3 heteroatoms. The van der Waals surface area contributed by atoms with Crippen LogP contribution >= 0.6 is 0 Å². The Morgan fingerprint density at radius 3 is 1.97 bits per heavy atom. The van der Waals surface area contributed by atoms with Crippen molar-refractivity contribution in [2.75, 3.05) is 6.61 Å². The van der Waals surface area contributed by atoms with Gasteiger partial charge in [0, 0.05) is 6.42 Å². The summed E-state index contributed by atoms with van der Waals surface area (Å²) in [6.07, 6.45) is 17.9. The monoisotopic (exact) mass is 418 g/mol. The minimum absolute atomic E-state index is 0.138. The third-order valence-corrected chi connectivity index (χ3v) is 9.13. The van der Waals surface area contributed by atoms with E-state index >= 15 is 0 Å². The molecule has 1 unspecified atom stereocenters. The zero-order valence-electron chi connectivity index (χ0n) is 19.9. The largest absolute Gasteiger partial charge is 0.465 e. The van der Waals surface area contributed by atoms with Crippen LogP contribution in [0.4, 0.5) is 0 Å². The molecule has 30 heavy (non-hydrogen) atoms. The predicted octanol–water partition coefficient (Wildman–Crippen LogP) is 7.12. The molecule has 0 aromatic heterocycles. The number of ketones is 1. The van der Waals surface area contributed by atoms with E-state index in [1.165, 1.54) is 57.8 Å². The maximum absolute atomic E-state index is 13.0. The summed E-state index contributed by atoms with van der Waals surface area (Å²) in [6.45, 7) is 6.78. The molecule has 0 amide bonds. The molecule has 3 rings (SSSR count). The van der Waals surface area contributed by atoms with Gasteiger partial charge in [0.15, 0.2) is 0 Å². The summed E-state index contributed by atoms with van der Waals surface area (Å²) >= 11 is 0. The second-order valence-corrected chi connectivity index (χ2v) is 11.0. The van der Waals surface area contributed by atoms with Crippen molar-refractivity contribution in [1.29, 1.82) is 0 Å². The van der Waals surface area contributed by atoms with Crippen molar-refractivity contribution in [1.82, 2.24) is 0 Å². The molecule has 3 nitrogen and oxygen atoms in total. The molecule has 0 N–H and O–H groups in total. The molecule has 0 aromatic rings. The molecular formula is C27H46O3. The van der Waals surface area contributed by atoms with E-state index in [4.69, 9.17) is 4.74 Å². The van der Waals surface area contributed by atoms with Crippen LogP contribution in [-0.2, 0) is 14.3 Å². The molecule has 2 atom stereocenters. The third-order valence-electron chi connectivity index (χ3n) is 9.13. The molecule has 0 radical (unpaired) electrons. The summed E-state index contributed by atoms with van der Waals surface area (Å²) in [5.41, 5.74) is -0.891. The van der Waals surface area contributed by atoms with Crippen molar-refractivity contribution in [3.8, 4) is 0 Å². The maximum Gasteiger partial charge on any atom is 0.319 e. The number of hydrogen-bond acceptors (Lipinski definition) is 3. The van der Waals surface area contributed by atoms with Crippen molar-refractivity contribution < 1.29 is 14.3 Å². The lowest BCUT2D eigenvalue weighted by Gasteiger charge is -2.42. The average molecular weight is 419 g/mol. The molecule has 0 bridgehead atoms. The van der Waals surface area contributed by atoms with Crippen molar-refractivity contribution in [2.24, 2.45) is 35.0 Å². The van der Waals surface area contributed by atoms with Crippen LogP contribution in [0, 0.1) is 35.0 Å². The van der Waals surface area contributed by atoms with E-state index in [1.54, 1.807) is 0 Å².